The summed E-state index contributed by atoms with van der Waals surface area (Å²) in [5.41, 5.74) is 3.19. The Hall–Kier alpha value is -2.60. The van der Waals surface area contributed by atoms with Crippen molar-refractivity contribution in [3.63, 3.8) is 0 Å². The standard InChI is InChI=1S/C8H4ClN3.C8H7NO2S.C7H4ClIN2.C4H8O.C4H9.Li/c9-8-6(5-10)7-3-1-2-4-12(7)11-8;1-7-2-4-8(5-3-7)12(10,11)6-9;8-7-6(9)5-3-1-2-4-11(5)10-7;1-2-4-5-3-1;1-3-4-2;/h1-4H;2-5H,1H3;1-4H;1-4H2;1,3-4H2,2H3;/q;;;;-1;+1. The third kappa shape index (κ3) is 13.0. The molecule has 0 N–H and O–H groups in total. The van der Waals surface area contributed by atoms with E-state index in [2.05, 4.69) is 46.6 Å². The topological polar surface area (TPSA) is 126 Å². The number of unbranched alkanes of at least 4 members (excludes halogenated alkanes) is 1. The van der Waals surface area contributed by atoms with Crippen molar-refractivity contribution in [3.05, 3.63) is 105 Å². The van der Waals surface area contributed by atoms with Gasteiger partial charge in [0.05, 0.1) is 19.5 Å². The molecule has 232 valence electrons. The Balaban J connectivity index is 0.000000294. The zero-order valence-electron chi connectivity index (χ0n) is 25.3. The smallest absolute Gasteiger partial charge is 0.381 e. The molecule has 0 saturated carbocycles. The molecule has 0 unspecified atom stereocenters. The maximum absolute atomic E-state index is 11.0. The molecule has 45 heavy (non-hydrogen) atoms. The molecule has 0 bridgehead atoms. The van der Waals surface area contributed by atoms with Crippen LogP contribution in [-0.4, -0.2) is 40.9 Å². The molecule has 9 nitrogen and oxygen atoms in total. The third-order valence-corrected chi connectivity index (χ3v) is 8.73. The first kappa shape index (κ1) is 40.4. The summed E-state index contributed by atoms with van der Waals surface area (Å²) in [6, 6.07) is 19.5. The number of fused-ring (bicyclic) bond motifs is 2. The molecule has 1 fully saturated rings. The van der Waals surface area contributed by atoms with Gasteiger partial charge in [0.25, 0.3) is 9.84 Å². The molecule has 5 heterocycles. The molecular formula is C31H32Cl2ILiN6O3S. The first-order chi connectivity index (χ1) is 21.1. The number of ether oxygens (including phenoxy) is 1. The Bertz CT molecular complexity index is 1800. The van der Waals surface area contributed by atoms with Crippen LogP contribution in [0.15, 0.2) is 78.0 Å². The summed E-state index contributed by atoms with van der Waals surface area (Å²) in [5, 5.41) is 27.1. The molecule has 1 aliphatic rings. The molecular weight excluding hydrogens is 741 g/mol. The second-order valence-electron chi connectivity index (χ2n) is 9.02. The Morgan fingerprint density at radius 3 is 1.89 bits per heavy atom. The number of thiocyanates is 1. The van der Waals surface area contributed by atoms with Gasteiger partial charge in [-0.15, -0.1) is 0 Å². The van der Waals surface area contributed by atoms with E-state index in [1.807, 2.05) is 49.5 Å². The predicted octanol–water partition coefficient (Wildman–Crippen LogP) is 5.12. The van der Waals surface area contributed by atoms with Crippen molar-refractivity contribution >= 4 is 66.7 Å². The second kappa shape index (κ2) is 21.2. The average Bonchev–Trinajstić information content (AvgIpc) is 3.79. The van der Waals surface area contributed by atoms with Gasteiger partial charge in [-0.2, -0.15) is 27.1 Å². The van der Waals surface area contributed by atoms with Gasteiger partial charge in [-0.1, -0.05) is 66.4 Å². The van der Waals surface area contributed by atoms with Crippen LogP contribution in [0.5, 0.6) is 0 Å². The first-order valence-electron chi connectivity index (χ1n) is 13.5. The van der Waals surface area contributed by atoms with Crippen LogP contribution >= 0.6 is 45.8 Å². The fourth-order valence-corrected chi connectivity index (χ4v) is 4.83. The van der Waals surface area contributed by atoms with E-state index in [0.29, 0.717) is 10.7 Å². The van der Waals surface area contributed by atoms with Gasteiger partial charge in [-0.25, -0.2) is 17.4 Å². The van der Waals surface area contributed by atoms with Gasteiger partial charge in [0.2, 0.25) is 0 Å². The van der Waals surface area contributed by atoms with Crippen LogP contribution in [0.25, 0.3) is 11.0 Å². The van der Waals surface area contributed by atoms with E-state index in [1.165, 1.54) is 36.8 Å². The van der Waals surface area contributed by atoms with Gasteiger partial charge in [0, 0.05) is 25.6 Å². The number of hydrogen-bond donors (Lipinski definition) is 0. The van der Waals surface area contributed by atoms with Crippen LogP contribution in [-0.2, 0) is 14.6 Å². The van der Waals surface area contributed by atoms with Crippen molar-refractivity contribution in [2.24, 2.45) is 0 Å². The fraction of sp³-hybridized carbons (Fsp3) is 0.258. The zero-order valence-corrected chi connectivity index (χ0v) is 29.8. The van der Waals surface area contributed by atoms with Crippen molar-refractivity contribution in [3.8, 4) is 11.5 Å². The molecule has 0 aliphatic carbocycles. The van der Waals surface area contributed by atoms with Crippen molar-refractivity contribution in [2.45, 2.75) is 44.4 Å². The molecule has 14 heteroatoms. The minimum atomic E-state index is -3.71. The SMILES string of the molecule is C1CCOC1.Cc1ccc(S(=O)(=O)C#N)cc1.Clc1nn2ccccc2c1I.N#Cc1c(Cl)nn2ccccc12.[CH2-]CCC.[Li+]. The second-order valence-corrected chi connectivity index (χ2v) is 12.5. The van der Waals surface area contributed by atoms with E-state index in [0.717, 1.165) is 39.8 Å². The molecule has 1 saturated heterocycles. The summed E-state index contributed by atoms with van der Waals surface area (Å²) in [6.45, 7) is 9.57. The normalized spacial score (nSPS) is 11.5. The van der Waals surface area contributed by atoms with Crippen molar-refractivity contribution in [2.75, 3.05) is 13.2 Å². The van der Waals surface area contributed by atoms with E-state index in [4.69, 9.17) is 38.5 Å². The average molecular weight is 773 g/mol. The van der Waals surface area contributed by atoms with Crippen LogP contribution < -0.4 is 18.9 Å². The van der Waals surface area contributed by atoms with E-state index in [9.17, 15) is 8.42 Å². The maximum atomic E-state index is 11.0. The predicted molar refractivity (Wildman–Crippen MR) is 182 cm³/mol. The number of nitriles is 2. The molecule has 5 aromatic rings. The number of hydrogen-bond acceptors (Lipinski definition) is 7. The summed E-state index contributed by atoms with van der Waals surface area (Å²) in [6.07, 6.45) is 8.46. The Kier molecular flexibility index (Phi) is 19.1. The molecule has 1 aromatic carbocycles. The summed E-state index contributed by atoms with van der Waals surface area (Å²) in [5.74, 6) is 0. The van der Waals surface area contributed by atoms with Gasteiger partial charge in [0.15, 0.2) is 15.7 Å². The Labute approximate surface area is 300 Å². The van der Waals surface area contributed by atoms with Crippen LogP contribution in [0.2, 0.25) is 10.3 Å². The number of aryl methyl sites for hydroxylation is 1. The summed E-state index contributed by atoms with van der Waals surface area (Å²) >= 11 is 13.7. The van der Waals surface area contributed by atoms with E-state index in [-0.39, 0.29) is 28.9 Å². The Morgan fingerprint density at radius 2 is 1.44 bits per heavy atom. The van der Waals surface area contributed by atoms with Crippen LogP contribution in [0.4, 0.5) is 0 Å². The molecule has 0 amide bonds. The van der Waals surface area contributed by atoms with Gasteiger partial charge < -0.3 is 11.7 Å². The third-order valence-electron chi connectivity index (χ3n) is 5.68. The number of sulfone groups is 1. The number of halogens is 3. The van der Waals surface area contributed by atoms with E-state index < -0.39 is 9.84 Å². The number of aromatic nitrogens is 4. The zero-order chi connectivity index (χ0) is 32.5. The van der Waals surface area contributed by atoms with Gasteiger partial charge >= 0.3 is 18.9 Å². The minimum absolute atomic E-state index is 0. The van der Waals surface area contributed by atoms with Crippen molar-refractivity contribution < 1.29 is 32.0 Å². The monoisotopic (exact) mass is 772 g/mol. The van der Waals surface area contributed by atoms with Crippen LogP contribution in [0, 0.1) is 39.4 Å². The molecule has 0 spiro atoms. The number of nitrogens with zero attached hydrogens (tertiary/aromatic N) is 6. The van der Waals surface area contributed by atoms with Crippen LogP contribution in [0.1, 0.15) is 43.7 Å². The van der Waals surface area contributed by atoms with Gasteiger partial charge in [0.1, 0.15) is 11.6 Å². The summed E-state index contributed by atoms with van der Waals surface area (Å²) in [4.78, 5) is 0.0515. The molecule has 4 aromatic heterocycles. The largest absolute Gasteiger partial charge is 1.00 e. The molecule has 1 aliphatic heterocycles. The fourth-order valence-electron chi connectivity index (χ4n) is 3.29. The molecule has 0 atom stereocenters. The Morgan fingerprint density at radius 1 is 0.933 bits per heavy atom. The quantitative estimate of drug-likeness (QED) is 0.0802. The van der Waals surface area contributed by atoms with Gasteiger partial charge in [-0.05, 0) is 78.8 Å². The van der Waals surface area contributed by atoms with Crippen molar-refractivity contribution in [1.82, 2.24) is 19.2 Å². The molecule has 0 radical (unpaired) electrons. The van der Waals surface area contributed by atoms with Gasteiger partial charge in [-0.3, -0.25) is 0 Å². The van der Waals surface area contributed by atoms with Crippen molar-refractivity contribution in [1.29, 1.82) is 10.5 Å². The number of benzene rings is 1. The first-order valence-corrected chi connectivity index (χ1v) is 16.8. The minimum Gasteiger partial charge on any atom is -0.381 e. The van der Waals surface area contributed by atoms with Crippen LogP contribution in [0.3, 0.4) is 0 Å². The number of rotatable bonds is 2. The number of pyridine rings is 2. The summed E-state index contributed by atoms with van der Waals surface area (Å²) < 4.78 is 31.2. The molecule has 6 rings (SSSR count). The maximum Gasteiger partial charge on any atom is 1.00 e. The summed E-state index contributed by atoms with van der Waals surface area (Å²) in [7, 11) is -3.71. The van der Waals surface area contributed by atoms with E-state index >= 15 is 0 Å². The van der Waals surface area contributed by atoms with E-state index in [1.54, 1.807) is 33.4 Å².